The van der Waals surface area contributed by atoms with E-state index in [9.17, 15) is 0 Å². The summed E-state index contributed by atoms with van der Waals surface area (Å²) in [7, 11) is 0. The Morgan fingerprint density at radius 1 is 1.46 bits per heavy atom. The van der Waals surface area contributed by atoms with E-state index in [1.54, 1.807) is 0 Å². The molecule has 1 nitrogen and oxygen atoms in total. The first-order chi connectivity index (χ1) is 6.27. The lowest BCUT2D eigenvalue weighted by Crippen LogP contribution is -1.98. The average Bonchev–Trinajstić information content (AvgIpc) is 2.29. The van der Waals surface area contributed by atoms with E-state index in [4.69, 9.17) is 4.74 Å². The summed E-state index contributed by atoms with van der Waals surface area (Å²) in [5, 5.41) is 0. The Hall–Kier alpha value is -0.340. The summed E-state index contributed by atoms with van der Waals surface area (Å²) >= 11 is 3.65. The maximum Gasteiger partial charge on any atom is 0.0632 e. The van der Waals surface area contributed by atoms with Crippen molar-refractivity contribution in [2.75, 3.05) is 13.2 Å². The SMILES string of the molecule is Cc1ccc2c(c1)C(Br)COCC2. The maximum absolute atomic E-state index is 5.48. The summed E-state index contributed by atoms with van der Waals surface area (Å²) in [6.07, 6.45) is 1.04. The van der Waals surface area contributed by atoms with Crippen LogP contribution in [0.3, 0.4) is 0 Å². The molecule has 13 heavy (non-hydrogen) atoms. The second-order valence-corrected chi connectivity index (χ2v) is 4.60. The Kier molecular flexibility index (Phi) is 2.70. The van der Waals surface area contributed by atoms with E-state index in [1.165, 1.54) is 16.7 Å². The first-order valence-electron chi connectivity index (χ1n) is 4.58. The van der Waals surface area contributed by atoms with Crippen LogP contribution in [-0.4, -0.2) is 13.2 Å². The smallest absolute Gasteiger partial charge is 0.0632 e. The quantitative estimate of drug-likeness (QED) is 0.634. The molecule has 1 aliphatic rings. The first kappa shape index (κ1) is 9.22. The first-order valence-corrected chi connectivity index (χ1v) is 5.50. The second-order valence-electron chi connectivity index (χ2n) is 3.49. The fourth-order valence-electron chi connectivity index (χ4n) is 1.69. The lowest BCUT2D eigenvalue weighted by molar-refractivity contribution is 0.146. The second kappa shape index (κ2) is 3.81. The molecule has 2 rings (SSSR count). The van der Waals surface area contributed by atoms with Gasteiger partial charge in [-0.15, -0.1) is 0 Å². The Morgan fingerprint density at radius 2 is 2.31 bits per heavy atom. The van der Waals surface area contributed by atoms with E-state index in [0.29, 0.717) is 4.83 Å². The highest BCUT2D eigenvalue weighted by molar-refractivity contribution is 9.09. The van der Waals surface area contributed by atoms with Crippen molar-refractivity contribution >= 4 is 15.9 Å². The Bertz CT molecular complexity index is 309. The van der Waals surface area contributed by atoms with Gasteiger partial charge in [-0.25, -0.2) is 0 Å². The van der Waals surface area contributed by atoms with Crippen LogP contribution in [-0.2, 0) is 11.2 Å². The van der Waals surface area contributed by atoms with Crippen LogP contribution < -0.4 is 0 Å². The fourth-order valence-corrected chi connectivity index (χ4v) is 2.31. The minimum Gasteiger partial charge on any atom is -0.380 e. The van der Waals surface area contributed by atoms with Gasteiger partial charge in [0, 0.05) is 0 Å². The predicted molar refractivity (Wildman–Crippen MR) is 57.4 cm³/mol. The van der Waals surface area contributed by atoms with Gasteiger partial charge in [-0.05, 0) is 24.5 Å². The molecule has 0 fully saturated rings. The van der Waals surface area contributed by atoms with Gasteiger partial charge in [0.2, 0.25) is 0 Å². The molecule has 1 atom stereocenters. The zero-order valence-corrected chi connectivity index (χ0v) is 9.30. The number of aryl methyl sites for hydroxylation is 1. The van der Waals surface area contributed by atoms with Crippen LogP contribution in [0.5, 0.6) is 0 Å². The molecule has 0 N–H and O–H groups in total. The Labute approximate surface area is 87.2 Å². The molecule has 0 radical (unpaired) electrons. The van der Waals surface area contributed by atoms with Crippen LogP contribution in [0.15, 0.2) is 18.2 Å². The zero-order valence-electron chi connectivity index (χ0n) is 7.72. The standard InChI is InChI=1S/C11H13BrO/c1-8-2-3-9-4-5-13-7-11(12)10(9)6-8/h2-3,6,11H,4-5,7H2,1H3. The monoisotopic (exact) mass is 240 g/mol. The van der Waals surface area contributed by atoms with Crippen molar-refractivity contribution in [3.63, 3.8) is 0 Å². The average molecular weight is 241 g/mol. The van der Waals surface area contributed by atoms with Gasteiger partial charge in [0.15, 0.2) is 0 Å². The molecule has 0 spiro atoms. The van der Waals surface area contributed by atoms with Gasteiger partial charge < -0.3 is 4.74 Å². The van der Waals surface area contributed by atoms with E-state index in [1.807, 2.05) is 0 Å². The molecule has 0 amide bonds. The molecule has 0 saturated heterocycles. The van der Waals surface area contributed by atoms with Gasteiger partial charge in [0.1, 0.15) is 0 Å². The number of benzene rings is 1. The number of ether oxygens (including phenoxy) is 1. The number of alkyl halides is 1. The Balaban J connectivity index is 2.43. The number of fused-ring (bicyclic) bond motifs is 1. The number of hydrogen-bond donors (Lipinski definition) is 0. The summed E-state index contributed by atoms with van der Waals surface area (Å²) in [5.74, 6) is 0. The van der Waals surface area contributed by atoms with Crippen LogP contribution >= 0.6 is 15.9 Å². The molecule has 1 aromatic carbocycles. The molecule has 1 unspecified atom stereocenters. The minimum atomic E-state index is 0.366. The molecule has 2 heteroatoms. The lowest BCUT2D eigenvalue weighted by Gasteiger charge is -2.10. The van der Waals surface area contributed by atoms with Crippen molar-refractivity contribution in [1.29, 1.82) is 0 Å². The van der Waals surface area contributed by atoms with Crippen molar-refractivity contribution in [3.8, 4) is 0 Å². The maximum atomic E-state index is 5.48. The molecule has 1 aromatic rings. The van der Waals surface area contributed by atoms with Crippen LogP contribution in [0.2, 0.25) is 0 Å². The molecule has 1 aliphatic heterocycles. The van der Waals surface area contributed by atoms with Crippen LogP contribution in [0.1, 0.15) is 21.5 Å². The highest BCUT2D eigenvalue weighted by Gasteiger charge is 2.15. The van der Waals surface area contributed by atoms with Gasteiger partial charge >= 0.3 is 0 Å². The minimum absolute atomic E-state index is 0.366. The van der Waals surface area contributed by atoms with Crippen molar-refractivity contribution in [3.05, 3.63) is 34.9 Å². The van der Waals surface area contributed by atoms with Gasteiger partial charge in [-0.2, -0.15) is 0 Å². The van der Waals surface area contributed by atoms with E-state index >= 15 is 0 Å². The topological polar surface area (TPSA) is 9.23 Å². The molecular weight excluding hydrogens is 228 g/mol. The van der Waals surface area contributed by atoms with Crippen LogP contribution in [0, 0.1) is 6.92 Å². The van der Waals surface area contributed by atoms with Crippen molar-refractivity contribution < 1.29 is 4.74 Å². The lowest BCUT2D eigenvalue weighted by atomic mass is 10.0. The zero-order chi connectivity index (χ0) is 9.26. The Morgan fingerprint density at radius 3 is 3.15 bits per heavy atom. The van der Waals surface area contributed by atoms with Crippen molar-refractivity contribution in [1.82, 2.24) is 0 Å². The summed E-state index contributed by atoms with van der Waals surface area (Å²) in [5.41, 5.74) is 4.15. The highest BCUT2D eigenvalue weighted by Crippen LogP contribution is 2.29. The summed E-state index contributed by atoms with van der Waals surface area (Å²) in [6.45, 7) is 3.76. The molecular formula is C11H13BrO. The van der Waals surface area contributed by atoms with E-state index < -0.39 is 0 Å². The number of rotatable bonds is 0. The highest BCUT2D eigenvalue weighted by atomic mass is 79.9. The summed E-state index contributed by atoms with van der Waals surface area (Å²) < 4.78 is 5.48. The number of hydrogen-bond acceptors (Lipinski definition) is 1. The van der Waals surface area contributed by atoms with E-state index in [2.05, 4.69) is 41.1 Å². The van der Waals surface area contributed by atoms with Gasteiger partial charge in [0.25, 0.3) is 0 Å². The van der Waals surface area contributed by atoms with Crippen LogP contribution in [0.25, 0.3) is 0 Å². The molecule has 0 aliphatic carbocycles. The molecule has 1 heterocycles. The third kappa shape index (κ3) is 1.94. The third-order valence-corrected chi connectivity index (χ3v) is 3.18. The fraction of sp³-hybridized carbons (Fsp3) is 0.455. The predicted octanol–water partition coefficient (Wildman–Crippen LogP) is 3.00. The molecule has 70 valence electrons. The van der Waals surface area contributed by atoms with Gasteiger partial charge in [-0.3, -0.25) is 0 Å². The summed E-state index contributed by atoms with van der Waals surface area (Å²) in [6, 6.07) is 6.64. The molecule has 0 saturated carbocycles. The van der Waals surface area contributed by atoms with Crippen molar-refractivity contribution in [2.24, 2.45) is 0 Å². The van der Waals surface area contributed by atoms with Crippen LogP contribution in [0.4, 0.5) is 0 Å². The third-order valence-electron chi connectivity index (χ3n) is 2.42. The van der Waals surface area contributed by atoms with E-state index in [0.717, 1.165) is 19.6 Å². The molecule has 0 bridgehead atoms. The normalized spacial score (nSPS) is 22.2. The van der Waals surface area contributed by atoms with E-state index in [-0.39, 0.29) is 0 Å². The molecule has 0 aromatic heterocycles. The summed E-state index contributed by atoms with van der Waals surface area (Å²) in [4.78, 5) is 0.366. The van der Waals surface area contributed by atoms with Gasteiger partial charge in [0.05, 0.1) is 18.0 Å². The number of halogens is 1. The van der Waals surface area contributed by atoms with Crippen molar-refractivity contribution in [2.45, 2.75) is 18.2 Å². The van der Waals surface area contributed by atoms with Gasteiger partial charge in [-0.1, -0.05) is 39.7 Å². The largest absolute Gasteiger partial charge is 0.380 e.